The minimum absolute atomic E-state index is 0. The van der Waals surface area contributed by atoms with Crippen molar-refractivity contribution in [3.8, 4) is 0 Å². The molecule has 324 valence electrons. The van der Waals surface area contributed by atoms with E-state index in [1.165, 1.54) is 167 Å². The van der Waals surface area contributed by atoms with Gasteiger partial charge in [0.15, 0.2) is 0 Å². The number of unbranched alkanes of at least 4 members (excludes halogenated alkanes) is 32. The summed E-state index contributed by atoms with van der Waals surface area (Å²) in [7, 11) is -6.94. The van der Waals surface area contributed by atoms with Crippen LogP contribution in [-0.2, 0) is 29.6 Å². The summed E-state index contributed by atoms with van der Waals surface area (Å²) in [6, 6.07) is 0. The van der Waals surface area contributed by atoms with Crippen LogP contribution in [0.2, 0.25) is 0 Å². The first kappa shape index (κ1) is 59.3. The van der Waals surface area contributed by atoms with Crippen molar-refractivity contribution in [2.75, 3.05) is 24.6 Å². The molecular weight excluding hydrogens is 765 g/mol. The standard InChI is InChI=1S/2C21H43NO4S.Ca/c2*1-2-3-4-5-6-7-8-9-10-11-12-13-14-15-16-17-18-19-27(25,26)22-20-21(23)24;/h2*22H,2-20H2,1H3,(H,23,24);/q;;+2/p-2. The average Bonchev–Trinajstić information content (AvgIpc) is 3.13. The summed E-state index contributed by atoms with van der Waals surface area (Å²) in [4.78, 5) is 20.5. The molecule has 0 aromatic rings. The topological polar surface area (TPSA) is 173 Å². The van der Waals surface area contributed by atoms with Crippen LogP contribution in [0.4, 0.5) is 0 Å². The van der Waals surface area contributed by atoms with Gasteiger partial charge in [0.2, 0.25) is 20.0 Å². The van der Waals surface area contributed by atoms with Crippen LogP contribution in [-0.4, -0.2) is 91.1 Å². The van der Waals surface area contributed by atoms with Crippen LogP contribution in [0.15, 0.2) is 0 Å². The largest absolute Gasteiger partial charge is 2.00 e. The van der Waals surface area contributed by atoms with Crippen LogP contribution in [0.3, 0.4) is 0 Å². The van der Waals surface area contributed by atoms with Crippen LogP contribution in [0.1, 0.15) is 232 Å². The van der Waals surface area contributed by atoms with Gasteiger partial charge in [-0.3, -0.25) is 0 Å². The second-order valence-electron chi connectivity index (χ2n) is 15.3. The van der Waals surface area contributed by atoms with Crippen molar-refractivity contribution in [1.82, 2.24) is 9.44 Å². The number of nitrogens with one attached hydrogen (secondary N) is 2. The number of hydrogen-bond donors (Lipinski definition) is 2. The Bertz CT molecular complexity index is 964. The molecule has 0 bridgehead atoms. The maximum absolute atomic E-state index is 11.5. The van der Waals surface area contributed by atoms with E-state index in [1.54, 1.807) is 0 Å². The Hall–Kier alpha value is 0.0197. The third kappa shape index (κ3) is 54.0. The van der Waals surface area contributed by atoms with Gasteiger partial charge in [-0.15, -0.1) is 0 Å². The zero-order chi connectivity index (χ0) is 40.4. The van der Waals surface area contributed by atoms with Gasteiger partial charge < -0.3 is 19.8 Å². The fourth-order valence-corrected chi connectivity index (χ4v) is 8.65. The molecule has 0 aliphatic heterocycles. The van der Waals surface area contributed by atoms with E-state index in [9.17, 15) is 36.6 Å². The fraction of sp³-hybridized carbons (Fsp3) is 0.952. The van der Waals surface area contributed by atoms with Gasteiger partial charge in [-0.25, -0.2) is 26.3 Å². The van der Waals surface area contributed by atoms with Crippen LogP contribution in [0, 0.1) is 0 Å². The molecule has 0 saturated heterocycles. The molecule has 0 aromatic heterocycles. The summed E-state index contributed by atoms with van der Waals surface area (Å²) in [5.41, 5.74) is 0. The van der Waals surface area contributed by atoms with E-state index >= 15 is 0 Å². The predicted molar refractivity (Wildman–Crippen MR) is 228 cm³/mol. The number of carbonyl (C=O) groups is 2. The van der Waals surface area contributed by atoms with Gasteiger partial charge in [-0.1, -0.05) is 219 Å². The maximum atomic E-state index is 11.5. The molecule has 0 heterocycles. The number of rotatable bonds is 42. The first-order valence-electron chi connectivity index (χ1n) is 22.3. The third-order valence-electron chi connectivity index (χ3n) is 9.91. The second kappa shape index (κ2) is 45.1. The molecule has 0 aromatic carbocycles. The van der Waals surface area contributed by atoms with Gasteiger partial charge in [-0.2, -0.15) is 0 Å². The molecule has 0 fully saturated rings. The number of aliphatic carboxylic acids is 2. The van der Waals surface area contributed by atoms with Crippen molar-refractivity contribution in [1.29, 1.82) is 0 Å². The van der Waals surface area contributed by atoms with Crippen LogP contribution >= 0.6 is 0 Å². The SMILES string of the molecule is CCCCCCCCCCCCCCCCCCCS(=O)(=O)NCC(=O)[O-].CCCCCCCCCCCCCCCCCCCS(=O)(=O)NCC(=O)[O-].[Ca+2]. The Kier molecular flexibility index (Phi) is 48.7. The minimum Gasteiger partial charge on any atom is -0.549 e. The number of carbonyl (C=O) groups excluding carboxylic acids is 2. The summed E-state index contributed by atoms with van der Waals surface area (Å²) < 4.78 is 50.0. The van der Waals surface area contributed by atoms with Crippen molar-refractivity contribution in [2.24, 2.45) is 0 Å². The van der Waals surface area contributed by atoms with Crippen LogP contribution in [0.25, 0.3) is 0 Å². The van der Waals surface area contributed by atoms with E-state index in [1.807, 2.05) is 9.44 Å². The Labute approximate surface area is 369 Å². The van der Waals surface area contributed by atoms with E-state index in [2.05, 4.69) is 13.8 Å². The molecule has 0 unspecified atom stereocenters. The molecule has 13 heteroatoms. The molecule has 0 aliphatic rings. The fourth-order valence-electron chi connectivity index (χ4n) is 6.52. The van der Waals surface area contributed by atoms with Gasteiger partial charge in [0, 0.05) is 0 Å². The number of carboxylic acids is 2. The van der Waals surface area contributed by atoms with E-state index in [0.717, 1.165) is 38.5 Å². The Morgan fingerprint density at radius 2 is 0.509 bits per heavy atom. The Morgan fingerprint density at radius 3 is 0.673 bits per heavy atom. The smallest absolute Gasteiger partial charge is 0.549 e. The average molecular weight is 849 g/mol. The molecular formula is C42H84CaN2O8S2. The summed E-state index contributed by atoms with van der Waals surface area (Å²) in [5, 5.41) is 20.5. The molecule has 0 radical (unpaired) electrons. The number of carboxylic acid groups (broad SMARTS) is 2. The predicted octanol–water partition coefficient (Wildman–Crippen LogP) is 8.23. The van der Waals surface area contributed by atoms with Crippen molar-refractivity contribution in [2.45, 2.75) is 232 Å². The first-order valence-corrected chi connectivity index (χ1v) is 25.6. The number of sulfonamides is 2. The quantitative estimate of drug-likeness (QED) is 0.0457. The van der Waals surface area contributed by atoms with Gasteiger partial charge in [0.05, 0.1) is 36.5 Å². The van der Waals surface area contributed by atoms with E-state index in [0.29, 0.717) is 12.8 Å². The van der Waals surface area contributed by atoms with Crippen molar-refractivity contribution in [3.63, 3.8) is 0 Å². The molecule has 0 atom stereocenters. The van der Waals surface area contributed by atoms with Gasteiger partial charge in [0.1, 0.15) is 0 Å². The Morgan fingerprint density at radius 1 is 0.345 bits per heavy atom. The van der Waals surface area contributed by atoms with Gasteiger partial charge in [0.25, 0.3) is 0 Å². The van der Waals surface area contributed by atoms with Gasteiger partial charge >= 0.3 is 37.7 Å². The molecule has 0 amide bonds. The van der Waals surface area contributed by atoms with E-state index in [4.69, 9.17) is 0 Å². The normalized spacial score (nSPS) is 11.5. The summed E-state index contributed by atoms with van der Waals surface area (Å²) in [6.45, 7) is 3.24. The van der Waals surface area contributed by atoms with Crippen LogP contribution < -0.4 is 19.7 Å². The molecule has 0 aliphatic carbocycles. The van der Waals surface area contributed by atoms with Crippen molar-refractivity contribution >= 4 is 69.7 Å². The molecule has 0 spiro atoms. The molecule has 0 saturated carbocycles. The minimum atomic E-state index is -3.47. The number of hydrogen-bond acceptors (Lipinski definition) is 8. The first-order chi connectivity index (χ1) is 26.0. The molecule has 55 heavy (non-hydrogen) atoms. The second-order valence-corrected chi connectivity index (χ2v) is 19.2. The van der Waals surface area contributed by atoms with Gasteiger partial charge in [-0.05, 0) is 12.8 Å². The van der Waals surface area contributed by atoms with E-state index in [-0.39, 0.29) is 49.2 Å². The van der Waals surface area contributed by atoms with E-state index < -0.39 is 45.1 Å². The summed E-state index contributed by atoms with van der Waals surface area (Å²) in [6.07, 6.45) is 42.7. The third-order valence-corrected chi connectivity index (χ3v) is 12.7. The van der Waals surface area contributed by atoms with Crippen molar-refractivity contribution in [3.05, 3.63) is 0 Å². The summed E-state index contributed by atoms with van der Waals surface area (Å²) in [5.74, 6) is -2.81. The molecule has 10 nitrogen and oxygen atoms in total. The maximum Gasteiger partial charge on any atom is 2.00 e. The molecule has 2 N–H and O–H groups in total. The zero-order valence-corrected chi connectivity index (χ0v) is 39.5. The Balaban J connectivity index is -0.000000966. The van der Waals surface area contributed by atoms with Crippen LogP contribution in [0.5, 0.6) is 0 Å². The monoisotopic (exact) mass is 849 g/mol. The summed E-state index contributed by atoms with van der Waals surface area (Å²) >= 11 is 0. The van der Waals surface area contributed by atoms with Crippen molar-refractivity contribution < 1.29 is 36.6 Å². The molecule has 0 rings (SSSR count). The zero-order valence-electron chi connectivity index (χ0n) is 35.7.